The molecule has 1 aromatic heterocycles. The van der Waals surface area contributed by atoms with Gasteiger partial charge in [0.1, 0.15) is 11.5 Å². The van der Waals surface area contributed by atoms with Crippen LogP contribution in [0.2, 0.25) is 5.02 Å². The fourth-order valence-electron chi connectivity index (χ4n) is 2.97. The summed E-state index contributed by atoms with van der Waals surface area (Å²) in [5.74, 6) is -0.703. The van der Waals surface area contributed by atoms with Crippen molar-refractivity contribution in [3.63, 3.8) is 0 Å². The fourth-order valence-corrected chi connectivity index (χ4v) is 3.10. The van der Waals surface area contributed by atoms with Crippen molar-refractivity contribution in [3.8, 4) is 0 Å². The first-order chi connectivity index (χ1) is 10.6. The van der Waals surface area contributed by atoms with E-state index in [0.717, 1.165) is 11.8 Å². The Morgan fingerprint density at radius 2 is 2.09 bits per heavy atom. The molecule has 0 aliphatic carbocycles. The van der Waals surface area contributed by atoms with Crippen LogP contribution in [0.5, 0.6) is 0 Å². The van der Waals surface area contributed by atoms with E-state index < -0.39 is 5.82 Å². The van der Waals surface area contributed by atoms with Crippen LogP contribution in [-0.4, -0.2) is 40.6 Å². The summed E-state index contributed by atoms with van der Waals surface area (Å²) in [5, 5.41) is 10.2. The first kappa shape index (κ1) is 15.1. The molecule has 0 radical (unpaired) electrons. The molecule has 2 aromatic rings. The number of amides is 1. The number of carbonyl (C=O) groups excluding carboxylic acids is 1. The number of rotatable bonds is 3. The van der Waals surface area contributed by atoms with Crippen molar-refractivity contribution in [2.75, 3.05) is 19.7 Å². The molecule has 1 amide bonds. The summed E-state index contributed by atoms with van der Waals surface area (Å²) in [5.41, 5.74) is 1.27. The molecule has 1 fully saturated rings. The van der Waals surface area contributed by atoms with E-state index in [0.29, 0.717) is 18.1 Å². The van der Waals surface area contributed by atoms with Gasteiger partial charge in [-0.05, 0) is 17.7 Å². The molecule has 0 unspecified atom stereocenters. The standard InChI is InChI=1S/C16H16ClFN2O2/c17-12-3-1-10(2-4-12)14-8-20(7-11(14)9-21)16(22)15-5-13(18)6-19-15/h1-6,11,14,19,21H,7-9H2/t11-,14-/m0/s1. The Balaban J connectivity index is 1.79. The van der Waals surface area contributed by atoms with E-state index in [1.54, 1.807) is 17.0 Å². The first-order valence-corrected chi connectivity index (χ1v) is 7.46. The fraction of sp³-hybridized carbons (Fsp3) is 0.312. The molecule has 2 N–H and O–H groups in total. The molecule has 1 saturated heterocycles. The molecule has 22 heavy (non-hydrogen) atoms. The average Bonchev–Trinajstić information content (AvgIpc) is 3.13. The van der Waals surface area contributed by atoms with E-state index in [2.05, 4.69) is 4.98 Å². The maximum atomic E-state index is 13.0. The minimum absolute atomic E-state index is 0.00381. The van der Waals surface area contributed by atoms with Crippen LogP contribution in [0.1, 0.15) is 22.0 Å². The van der Waals surface area contributed by atoms with Crippen molar-refractivity contribution >= 4 is 17.5 Å². The Kier molecular flexibility index (Phi) is 4.18. The molecule has 3 rings (SSSR count). The largest absolute Gasteiger partial charge is 0.396 e. The lowest BCUT2D eigenvalue weighted by molar-refractivity contribution is 0.0776. The Morgan fingerprint density at radius 3 is 2.68 bits per heavy atom. The number of nitrogens with zero attached hydrogens (tertiary/aromatic N) is 1. The van der Waals surface area contributed by atoms with Crippen LogP contribution in [0.15, 0.2) is 36.5 Å². The SMILES string of the molecule is O=C(c1cc(F)c[nH]1)N1C[C@@H](CO)[C@H](c2ccc(Cl)cc2)C1. The second kappa shape index (κ2) is 6.10. The normalized spacial score (nSPS) is 21.3. The third-order valence-electron chi connectivity index (χ3n) is 4.14. The van der Waals surface area contributed by atoms with E-state index >= 15 is 0 Å². The maximum Gasteiger partial charge on any atom is 0.270 e. The highest BCUT2D eigenvalue weighted by atomic mass is 35.5. The lowest BCUT2D eigenvalue weighted by Crippen LogP contribution is -2.29. The zero-order chi connectivity index (χ0) is 15.7. The minimum atomic E-state index is -0.462. The van der Waals surface area contributed by atoms with Crippen molar-refractivity contribution < 1.29 is 14.3 Å². The number of aliphatic hydroxyl groups excluding tert-OH is 1. The predicted molar refractivity (Wildman–Crippen MR) is 81.4 cm³/mol. The second-order valence-corrected chi connectivity index (χ2v) is 5.98. The van der Waals surface area contributed by atoms with E-state index in [1.807, 2.05) is 12.1 Å². The van der Waals surface area contributed by atoms with Gasteiger partial charge in [-0.2, -0.15) is 0 Å². The number of aliphatic hydroxyl groups is 1. The van der Waals surface area contributed by atoms with Crippen molar-refractivity contribution in [2.24, 2.45) is 5.92 Å². The van der Waals surface area contributed by atoms with Gasteiger partial charge in [-0.3, -0.25) is 4.79 Å². The van der Waals surface area contributed by atoms with Crippen molar-refractivity contribution in [2.45, 2.75) is 5.92 Å². The molecule has 2 atom stereocenters. The summed E-state index contributed by atoms with van der Waals surface area (Å²) in [7, 11) is 0. The molecule has 0 saturated carbocycles. The molecule has 116 valence electrons. The second-order valence-electron chi connectivity index (χ2n) is 5.54. The third-order valence-corrected chi connectivity index (χ3v) is 4.39. The number of aromatic amines is 1. The summed E-state index contributed by atoms with van der Waals surface area (Å²) in [6, 6.07) is 8.62. The first-order valence-electron chi connectivity index (χ1n) is 7.08. The van der Waals surface area contributed by atoms with E-state index in [4.69, 9.17) is 11.6 Å². The van der Waals surface area contributed by atoms with Crippen molar-refractivity contribution in [1.29, 1.82) is 0 Å². The number of hydrogen-bond donors (Lipinski definition) is 2. The van der Waals surface area contributed by atoms with E-state index in [1.165, 1.54) is 6.07 Å². The smallest absolute Gasteiger partial charge is 0.270 e. The summed E-state index contributed by atoms with van der Waals surface area (Å²) in [6.45, 7) is 0.936. The molecule has 4 nitrogen and oxygen atoms in total. The Hall–Kier alpha value is -1.85. The lowest BCUT2D eigenvalue weighted by atomic mass is 9.90. The van der Waals surface area contributed by atoms with Crippen LogP contribution < -0.4 is 0 Å². The summed E-state index contributed by atoms with van der Waals surface area (Å²) in [4.78, 5) is 16.7. The summed E-state index contributed by atoms with van der Waals surface area (Å²) in [6.07, 6.45) is 1.16. The van der Waals surface area contributed by atoms with Crippen LogP contribution in [0, 0.1) is 11.7 Å². The van der Waals surface area contributed by atoms with Gasteiger partial charge in [0.25, 0.3) is 5.91 Å². The zero-order valence-electron chi connectivity index (χ0n) is 11.8. The number of halogens is 2. The Labute approximate surface area is 132 Å². The van der Waals surface area contributed by atoms with Gasteiger partial charge in [0.05, 0.1) is 0 Å². The monoisotopic (exact) mass is 322 g/mol. The topological polar surface area (TPSA) is 56.3 Å². The molecule has 1 aliphatic heterocycles. The van der Waals surface area contributed by atoms with Gasteiger partial charge >= 0.3 is 0 Å². The van der Waals surface area contributed by atoms with Crippen LogP contribution in [-0.2, 0) is 0 Å². The van der Waals surface area contributed by atoms with Crippen molar-refractivity contribution in [1.82, 2.24) is 9.88 Å². The Morgan fingerprint density at radius 1 is 1.36 bits per heavy atom. The van der Waals surface area contributed by atoms with Gasteiger partial charge in [0.15, 0.2) is 0 Å². The molecular weight excluding hydrogens is 307 g/mol. The number of aromatic nitrogens is 1. The minimum Gasteiger partial charge on any atom is -0.396 e. The molecule has 0 bridgehead atoms. The maximum absolute atomic E-state index is 13.0. The molecular formula is C16H16ClFN2O2. The summed E-state index contributed by atoms with van der Waals surface area (Å²) < 4.78 is 13.0. The highest BCUT2D eigenvalue weighted by Gasteiger charge is 2.36. The Bertz CT molecular complexity index is 671. The highest BCUT2D eigenvalue weighted by Crippen LogP contribution is 2.33. The van der Waals surface area contributed by atoms with Crippen LogP contribution >= 0.6 is 11.6 Å². The van der Waals surface area contributed by atoms with Crippen molar-refractivity contribution in [3.05, 3.63) is 58.6 Å². The number of H-pyrrole nitrogens is 1. The molecule has 2 heterocycles. The molecule has 1 aromatic carbocycles. The van der Waals surface area contributed by atoms with E-state index in [9.17, 15) is 14.3 Å². The van der Waals surface area contributed by atoms with E-state index in [-0.39, 0.29) is 30.0 Å². The summed E-state index contributed by atoms with van der Waals surface area (Å²) >= 11 is 5.90. The average molecular weight is 323 g/mol. The van der Waals surface area contributed by atoms with Gasteiger partial charge in [-0.15, -0.1) is 0 Å². The zero-order valence-corrected chi connectivity index (χ0v) is 12.6. The van der Waals surface area contributed by atoms with Gasteiger partial charge < -0.3 is 15.0 Å². The molecule has 1 aliphatic rings. The van der Waals surface area contributed by atoms with Gasteiger partial charge in [0.2, 0.25) is 0 Å². The molecule has 0 spiro atoms. The van der Waals surface area contributed by atoms with Gasteiger partial charge in [-0.25, -0.2) is 4.39 Å². The number of carbonyl (C=O) groups is 1. The van der Waals surface area contributed by atoms with Gasteiger partial charge in [-0.1, -0.05) is 23.7 Å². The number of hydrogen-bond acceptors (Lipinski definition) is 2. The molecule has 6 heteroatoms. The predicted octanol–water partition coefficient (Wildman–Crippen LogP) is 2.66. The van der Waals surface area contributed by atoms with Gasteiger partial charge in [0, 0.05) is 48.8 Å². The third kappa shape index (κ3) is 2.87. The van der Waals surface area contributed by atoms with Crippen LogP contribution in [0.3, 0.4) is 0 Å². The number of likely N-dealkylation sites (tertiary alicyclic amines) is 1. The van der Waals surface area contributed by atoms with Crippen LogP contribution in [0.25, 0.3) is 0 Å². The lowest BCUT2D eigenvalue weighted by Gasteiger charge is -2.16. The highest BCUT2D eigenvalue weighted by molar-refractivity contribution is 6.30. The van der Waals surface area contributed by atoms with Crippen LogP contribution in [0.4, 0.5) is 4.39 Å². The number of benzene rings is 1. The number of nitrogens with one attached hydrogen (secondary N) is 1. The quantitative estimate of drug-likeness (QED) is 0.912.